The van der Waals surface area contributed by atoms with Crippen LogP contribution in [0.5, 0.6) is 0 Å². The fourth-order valence-electron chi connectivity index (χ4n) is 2.62. The molecule has 1 heterocycles. The van der Waals surface area contributed by atoms with Gasteiger partial charge in [-0.05, 0) is 24.1 Å². The van der Waals surface area contributed by atoms with Gasteiger partial charge in [0.1, 0.15) is 11.6 Å². The maximum absolute atomic E-state index is 11.8. The van der Waals surface area contributed by atoms with Crippen LogP contribution in [0.2, 0.25) is 0 Å². The summed E-state index contributed by atoms with van der Waals surface area (Å²) in [5, 5.41) is 6.62. The second-order valence-electron chi connectivity index (χ2n) is 6.80. The molecule has 0 radical (unpaired) electrons. The number of methoxy groups -OCH3 is 1. The molecule has 2 aromatic carbocycles. The summed E-state index contributed by atoms with van der Waals surface area (Å²) in [5.41, 5.74) is 2.15. The van der Waals surface area contributed by atoms with Crippen LogP contribution in [-0.4, -0.2) is 29.6 Å². The zero-order chi connectivity index (χ0) is 19.9. The molecule has 0 saturated carbocycles. The lowest BCUT2D eigenvalue weighted by Gasteiger charge is -2.13. The maximum atomic E-state index is 11.8. The molecule has 0 atom stereocenters. The van der Waals surface area contributed by atoms with Crippen LogP contribution < -0.4 is 10.6 Å². The molecule has 0 aliphatic heterocycles. The van der Waals surface area contributed by atoms with Crippen molar-refractivity contribution in [1.82, 2.24) is 9.97 Å². The first kappa shape index (κ1) is 19.4. The van der Waals surface area contributed by atoms with Gasteiger partial charge in [-0.25, -0.2) is 14.8 Å². The Kier molecular flexibility index (Phi) is 6.22. The first-order valence-corrected chi connectivity index (χ1v) is 9.19. The van der Waals surface area contributed by atoms with Crippen LogP contribution in [0.1, 0.15) is 24.2 Å². The Balaban J connectivity index is 1.93. The van der Waals surface area contributed by atoms with Crippen LogP contribution in [0.4, 0.5) is 17.3 Å². The Morgan fingerprint density at radius 3 is 2.46 bits per heavy atom. The average molecular weight is 376 g/mol. The highest BCUT2D eigenvalue weighted by atomic mass is 16.5. The molecule has 3 aromatic rings. The lowest BCUT2D eigenvalue weighted by Crippen LogP contribution is -2.10. The highest BCUT2D eigenvalue weighted by Gasteiger charge is 2.10. The Bertz CT molecular complexity index is 942. The second kappa shape index (κ2) is 8.99. The summed E-state index contributed by atoms with van der Waals surface area (Å²) in [6.45, 7) is 5.09. The summed E-state index contributed by atoms with van der Waals surface area (Å²) in [5.74, 6) is 2.12. The van der Waals surface area contributed by atoms with Gasteiger partial charge in [0.25, 0.3) is 0 Å². The number of hydrogen-bond donors (Lipinski definition) is 2. The molecule has 0 fully saturated rings. The minimum atomic E-state index is -0.379. The molecular formula is C22H24N4O2. The summed E-state index contributed by atoms with van der Waals surface area (Å²) in [6.07, 6.45) is 0. The lowest BCUT2D eigenvalue weighted by molar-refractivity contribution is 0.0601. The van der Waals surface area contributed by atoms with E-state index in [-0.39, 0.29) is 5.97 Å². The van der Waals surface area contributed by atoms with E-state index >= 15 is 0 Å². The number of aromatic nitrogens is 2. The van der Waals surface area contributed by atoms with Crippen molar-refractivity contribution < 1.29 is 9.53 Å². The number of ether oxygens (including phenoxy) is 1. The number of esters is 1. The maximum Gasteiger partial charge on any atom is 0.337 e. The quantitative estimate of drug-likeness (QED) is 0.580. The summed E-state index contributed by atoms with van der Waals surface area (Å²) in [7, 11) is 1.37. The number of benzene rings is 2. The van der Waals surface area contributed by atoms with Gasteiger partial charge in [0.2, 0.25) is 0 Å². The minimum absolute atomic E-state index is 0.379. The molecule has 6 heteroatoms. The first-order chi connectivity index (χ1) is 13.5. The van der Waals surface area contributed by atoms with E-state index in [9.17, 15) is 4.79 Å². The number of anilines is 3. The van der Waals surface area contributed by atoms with Gasteiger partial charge in [-0.15, -0.1) is 0 Å². The Labute approximate surface area is 165 Å². The second-order valence-corrected chi connectivity index (χ2v) is 6.80. The Morgan fingerprint density at radius 2 is 1.75 bits per heavy atom. The molecule has 2 N–H and O–H groups in total. The first-order valence-electron chi connectivity index (χ1n) is 9.19. The topological polar surface area (TPSA) is 76.1 Å². The number of carbonyl (C=O) groups excluding carboxylic acids is 1. The van der Waals surface area contributed by atoms with E-state index in [0.29, 0.717) is 23.1 Å². The number of rotatable bonds is 7. The van der Waals surface area contributed by atoms with Gasteiger partial charge in [0.05, 0.1) is 12.7 Å². The normalized spacial score (nSPS) is 10.6. The highest BCUT2D eigenvalue weighted by molar-refractivity contribution is 5.90. The minimum Gasteiger partial charge on any atom is -0.465 e. The Morgan fingerprint density at radius 1 is 1.00 bits per heavy atom. The van der Waals surface area contributed by atoms with Crippen LogP contribution in [0.25, 0.3) is 11.4 Å². The molecule has 0 unspecified atom stereocenters. The summed E-state index contributed by atoms with van der Waals surface area (Å²) in [6, 6.07) is 18.8. The molecule has 6 nitrogen and oxygen atoms in total. The molecule has 0 bridgehead atoms. The highest BCUT2D eigenvalue weighted by Crippen LogP contribution is 2.23. The fraction of sp³-hybridized carbons (Fsp3) is 0.227. The van der Waals surface area contributed by atoms with Crippen molar-refractivity contribution in [3.05, 3.63) is 66.2 Å². The molecule has 3 rings (SSSR count). The average Bonchev–Trinajstić information content (AvgIpc) is 2.72. The third-order valence-electron chi connectivity index (χ3n) is 4.01. The van der Waals surface area contributed by atoms with Crippen molar-refractivity contribution in [2.24, 2.45) is 5.92 Å². The monoisotopic (exact) mass is 376 g/mol. The van der Waals surface area contributed by atoms with E-state index in [2.05, 4.69) is 34.4 Å². The van der Waals surface area contributed by atoms with Crippen LogP contribution in [0, 0.1) is 5.92 Å². The van der Waals surface area contributed by atoms with Crippen LogP contribution in [0.3, 0.4) is 0 Å². The van der Waals surface area contributed by atoms with E-state index in [1.165, 1.54) is 7.11 Å². The molecule has 0 amide bonds. The van der Waals surface area contributed by atoms with Crippen LogP contribution in [0.15, 0.2) is 60.7 Å². The zero-order valence-corrected chi connectivity index (χ0v) is 16.3. The third-order valence-corrected chi connectivity index (χ3v) is 4.01. The molecular weight excluding hydrogens is 352 g/mol. The SMILES string of the molecule is COC(=O)c1cccc(Nc2cc(NCC(C)C)nc(-c3ccccc3)n2)c1. The van der Waals surface area contributed by atoms with Gasteiger partial charge in [-0.1, -0.05) is 50.2 Å². The number of hydrogen-bond acceptors (Lipinski definition) is 6. The van der Waals surface area contributed by atoms with Gasteiger partial charge in [0, 0.05) is 23.9 Å². The van der Waals surface area contributed by atoms with Crippen molar-refractivity contribution in [3.8, 4) is 11.4 Å². The smallest absolute Gasteiger partial charge is 0.337 e. The van der Waals surface area contributed by atoms with Gasteiger partial charge < -0.3 is 15.4 Å². The van der Waals surface area contributed by atoms with Crippen LogP contribution in [-0.2, 0) is 4.74 Å². The fourth-order valence-corrected chi connectivity index (χ4v) is 2.62. The van der Waals surface area contributed by atoms with Crippen molar-refractivity contribution in [2.75, 3.05) is 24.3 Å². The van der Waals surface area contributed by atoms with Crippen molar-refractivity contribution in [1.29, 1.82) is 0 Å². The predicted molar refractivity (Wildman–Crippen MR) is 112 cm³/mol. The van der Waals surface area contributed by atoms with E-state index in [1.54, 1.807) is 18.2 Å². The molecule has 0 aliphatic carbocycles. The third kappa shape index (κ3) is 5.07. The molecule has 0 aliphatic rings. The molecule has 0 spiro atoms. The van der Waals surface area contributed by atoms with E-state index in [0.717, 1.165) is 23.6 Å². The number of carbonyl (C=O) groups is 1. The molecule has 0 saturated heterocycles. The van der Waals surface area contributed by atoms with Gasteiger partial charge in [-0.3, -0.25) is 0 Å². The molecule has 144 valence electrons. The van der Waals surface area contributed by atoms with Gasteiger partial charge >= 0.3 is 5.97 Å². The van der Waals surface area contributed by atoms with Gasteiger partial charge in [0.15, 0.2) is 5.82 Å². The Hall–Kier alpha value is -3.41. The van der Waals surface area contributed by atoms with Crippen LogP contribution >= 0.6 is 0 Å². The lowest BCUT2D eigenvalue weighted by atomic mass is 10.2. The van der Waals surface area contributed by atoms with E-state index in [4.69, 9.17) is 4.74 Å². The van der Waals surface area contributed by atoms with Crippen molar-refractivity contribution in [3.63, 3.8) is 0 Å². The molecule has 28 heavy (non-hydrogen) atoms. The van der Waals surface area contributed by atoms with Gasteiger partial charge in [-0.2, -0.15) is 0 Å². The summed E-state index contributed by atoms with van der Waals surface area (Å²) in [4.78, 5) is 21.1. The van der Waals surface area contributed by atoms with E-state index < -0.39 is 0 Å². The number of nitrogens with zero attached hydrogens (tertiary/aromatic N) is 2. The number of nitrogens with one attached hydrogen (secondary N) is 2. The van der Waals surface area contributed by atoms with Crippen molar-refractivity contribution >= 4 is 23.3 Å². The summed E-state index contributed by atoms with van der Waals surface area (Å²) < 4.78 is 4.79. The predicted octanol–water partition coefficient (Wildman–Crippen LogP) is 4.74. The van der Waals surface area contributed by atoms with E-state index in [1.807, 2.05) is 42.5 Å². The molecule has 1 aromatic heterocycles. The zero-order valence-electron chi connectivity index (χ0n) is 16.3. The standard InChI is InChI=1S/C22H24N4O2/c1-15(2)14-23-19-13-20(26-21(25-19)16-8-5-4-6-9-16)24-18-11-7-10-17(12-18)22(27)28-3/h4-13,15H,14H2,1-3H3,(H2,23,24,25,26). The summed E-state index contributed by atoms with van der Waals surface area (Å²) >= 11 is 0. The largest absolute Gasteiger partial charge is 0.465 e. The van der Waals surface area contributed by atoms with Crippen molar-refractivity contribution in [2.45, 2.75) is 13.8 Å².